The minimum absolute atomic E-state index is 0.146. The lowest BCUT2D eigenvalue weighted by Gasteiger charge is -2.13. The van der Waals surface area contributed by atoms with Crippen LogP contribution in [-0.2, 0) is 16.0 Å². The molecule has 1 aliphatic heterocycles. The average molecular weight is 544 g/mol. The number of rotatable bonds is 9. The summed E-state index contributed by atoms with van der Waals surface area (Å²) in [5.41, 5.74) is 1.88. The highest BCUT2D eigenvalue weighted by molar-refractivity contribution is 8.26. The Morgan fingerprint density at radius 2 is 2.09 bits per heavy atom. The first-order chi connectivity index (χ1) is 16.9. The molecule has 1 N–H and O–H groups in total. The van der Waals surface area contributed by atoms with Crippen molar-refractivity contribution in [2.45, 2.75) is 19.3 Å². The summed E-state index contributed by atoms with van der Waals surface area (Å²) >= 11 is 14.3. The van der Waals surface area contributed by atoms with Crippen molar-refractivity contribution in [3.05, 3.63) is 80.7 Å². The Kier molecular flexibility index (Phi) is 8.56. The molecular formula is C25H22ClN3O3S3. The Morgan fingerprint density at radius 1 is 1.26 bits per heavy atom. The fourth-order valence-electron chi connectivity index (χ4n) is 3.43. The Balaban J connectivity index is 1.27. The zero-order chi connectivity index (χ0) is 24.8. The molecule has 3 aromatic rings. The molecule has 1 saturated heterocycles. The lowest BCUT2D eigenvalue weighted by Crippen LogP contribution is -2.29. The summed E-state index contributed by atoms with van der Waals surface area (Å²) in [4.78, 5) is 32.6. The number of thiazole rings is 1. The highest BCUT2D eigenvalue weighted by Gasteiger charge is 2.31. The quantitative estimate of drug-likeness (QED) is 0.263. The molecule has 0 bridgehead atoms. The molecule has 6 nitrogen and oxygen atoms in total. The molecule has 0 aliphatic carbocycles. The highest BCUT2D eigenvalue weighted by atomic mass is 35.5. The van der Waals surface area contributed by atoms with Gasteiger partial charge in [-0.05, 0) is 41.8 Å². The molecule has 1 aromatic heterocycles. The molecule has 1 fully saturated rings. The van der Waals surface area contributed by atoms with E-state index in [9.17, 15) is 9.59 Å². The highest BCUT2D eigenvalue weighted by Crippen LogP contribution is 2.33. The number of carbonyl (C=O) groups excluding carboxylic acids is 2. The Morgan fingerprint density at radius 3 is 2.89 bits per heavy atom. The molecule has 4 rings (SSSR count). The van der Waals surface area contributed by atoms with Gasteiger partial charge in [-0.1, -0.05) is 65.9 Å². The number of ether oxygens (including phenoxy) is 1. The number of hydrogen-bond donors (Lipinski definition) is 1. The molecular weight excluding hydrogens is 522 g/mol. The van der Waals surface area contributed by atoms with Crippen LogP contribution in [0.5, 0.6) is 5.75 Å². The second-order valence-electron chi connectivity index (χ2n) is 7.66. The molecule has 2 amide bonds. The number of thioether (sulfide) groups is 1. The van der Waals surface area contributed by atoms with Crippen LogP contribution in [0.15, 0.2) is 59.6 Å². The van der Waals surface area contributed by atoms with Crippen LogP contribution in [0.2, 0.25) is 5.02 Å². The fraction of sp³-hybridized carbons (Fsp3) is 0.200. The molecule has 2 aromatic carbocycles. The first-order valence-corrected chi connectivity index (χ1v) is 13.2. The third-order valence-corrected chi connectivity index (χ3v) is 7.83. The van der Waals surface area contributed by atoms with Gasteiger partial charge in [-0.25, -0.2) is 4.98 Å². The molecule has 10 heteroatoms. The summed E-state index contributed by atoms with van der Waals surface area (Å²) < 4.78 is 5.73. The second-order valence-corrected chi connectivity index (χ2v) is 10.9. The summed E-state index contributed by atoms with van der Waals surface area (Å²) in [5.74, 6) is 0.421. The van der Waals surface area contributed by atoms with E-state index < -0.39 is 0 Å². The number of thiocarbonyl (C=S) groups is 1. The van der Waals surface area contributed by atoms with E-state index in [-0.39, 0.29) is 18.2 Å². The standard InChI is InChI=1S/C25H22ClN3O3S3/c1-32-18-8-4-6-16(12-18)13-21-23(31)29(25(33)35-21)11-5-10-22(30)28-24-27-15-19(34-24)14-17-7-2-3-9-20(17)26/h2-4,6-9,12-13,15H,5,10-11,14H2,1H3,(H,27,28,30). The number of carbonyl (C=O) groups is 2. The van der Waals surface area contributed by atoms with E-state index in [2.05, 4.69) is 10.3 Å². The predicted molar refractivity (Wildman–Crippen MR) is 147 cm³/mol. The van der Waals surface area contributed by atoms with Crippen LogP contribution >= 0.6 is 46.9 Å². The predicted octanol–water partition coefficient (Wildman–Crippen LogP) is 6.02. The average Bonchev–Trinajstić information content (AvgIpc) is 3.39. The minimum Gasteiger partial charge on any atom is -0.497 e. The van der Waals surface area contributed by atoms with Crippen LogP contribution < -0.4 is 10.1 Å². The van der Waals surface area contributed by atoms with Crippen molar-refractivity contribution in [2.24, 2.45) is 0 Å². The van der Waals surface area contributed by atoms with E-state index >= 15 is 0 Å². The summed E-state index contributed by atoms with van der Waals surface area (Å²) in [7, 11) is 1.60. The van der Waals surface area contributed by atoms with Gasteiger partial charge in [-0.3, -0.25) is 14.5 Å². The topological polar surface area (TPSA) is 71.5 Å². The normalized spacial score (nSPS) is 14.6. The number of hydrogen-bond acceptors (Lipinski definition) is 7. The molecule has 35 heavy (non-hydrogen) atoms. The van der Waals surface area contributed by atoms with Crippen LogP contribution in [0.4, 0.5) is 5.13 Å². The molecule has 0 radical (unpaired) electrons. The monoisotopic (exact) mass is 543 g/mol. The SMILES string of the molecule is COc1cccc(C=C2SC(=S)N(CCCC(=O)Nc3ncc(Cc4ccccc4Cl)s3)C2=O)c1. The van der Waals surface area contributed by atoms with E-state index in [0.29, 0.717) is 38.8 Å². The molecule has 1 aliphatic rings. The van der Waals surface area contributed by atoms with Gasteiger partial charge in [0.05, 0.1) is 12.0 Å². The lowest BCUT2D eigenvalue weighted by molar-refractivity contribution is -0.122. The van der Waals surface area contributed by atoms with Crippen molar-refractivity contribution in [3.8, 4) is 5.75 Å². The third kappa shape index (κ3) is 6.70. The number of aromatic nitrogens is 1. The van der Waals surface area contributed by atoms with Gasteiger partial charge < -0.3 is 10.1 Å². The summed E-state index contributed by atoms with van der Waals surface area (Å²) in [6.07, 6.45) is 4.95. The van der Waals surface area contributed by atoms with E-state index in [1.807, 2.05) is 48.5 Å². The minimum atomic E-state index is -0.152. The maximum absolute atomic E-state index is 12.8. The number of halogens is 1. The van der Waals surface area contributed by atoms with E-state index in [4.69, 9.17) is 28.6 Å². The summed E-state index contributed by atoms with van der Waals surface area (Å²) in [6, 6.07) is 15.1. The van der Waals surface area contributed by atoms with Crippen LogP contribution in [0.1, 0.15) is 28.8 Å². The van der Waals surface area contributed by atoms with Crippen LogP contribution in [0.25, 0.3) is 6.08 Å². The van der Waals surface area contributed by atoms with Gasteiger partial charge in [0.15, 0.2) is 5.13 Å². The Bertz CT molecular complexity index is 1290. The van der Waals surface area contributed by atoms with Crippen molar-refractivity contribution in [3.63, 3.8) is 0 Å². The van der Waals surface area contributed by atoms with Crippen molar-refractivity contribution in [1.29, 1.82) is 0 Å². The van der Waals surface area contributed by atoms with Crippen molar-refractivity contribution >= 4 is 74.3 Å². The van der Waals surface area contributed by atoms with Gasteiger partial charge in [0.1, 0.15) is 10.1 Å². The summed E-state index contributed by atoms with van der Waals surface area (Å²) in [5, 5.41) is 4.09. The maximum Gasteiger partial charge on any atom is 0.266 e. The van der Waals surface area contributed by atoms with Crippen molar-refractivity contribution in [1.82, 2.24) is 9.88 Å². The first-order valence-electron chi connectivity index (χ1n) is 10.8. The Hall–Kier alpha value is -2.72. The van der Waals surface area contributed by atoms with Gasteiger partial charge in [-0.2, -0.15) is 0 Å². The molecule has 0 unspecified atom stereocenters. The zero-order valence-corrected chi connectivity index (χ0v) is 22.0. The maximum atomic E-state index is 12.8. The summed E-state index contributed by atoms with van der Waals surface area (Å²) in [6.45, 7) is 0.378. The van der Waals surface area contributed by atoms with Crippen LogP contribution in [0, 0.1) is 0 Å². The molecule has 0 atom stereocenters. The second kappa shape index (κ2) is 11.8. The van der Waals surface area contributed by atoms with E-state index in [0.717, 1.165) is 21.8 Å². The molecule has 2 heterocycles. The number of methoxy groups -OCH3 is 1. The van der Waals surface area contributed by atoms with Gasteiger partial charge in [0.2, 0.25) is 5.91 Å². The third-order valence-electron chi connectivity index (χ3n) is 5.17. The number of benzene rings is 2. The van der Waals surface area contributed by atoms with Crippen LogP contribution in [0.3, 0.4) is 0 Å². The smallest absolute Gasteiger partial charge is 0.266 e. The molecule has 0 spiro atoms. The van der Waals surface area contributed by atoms with E-state index in [1.165, 1.54) is 23.1 Å². The van der Waals surface area contributed by atoms with Gasteiger partial charge in [-0.15, -0.1) is 11.3 Å². The zero-order valence-electron chi connectivity index (χ0n) is 18.8. The van der Waals surface area contributed by atoms with Gasteiger partial charge in [0, 0.05) is 35.5 Å². The number of amides is 2. The number of nitrogens with one attached hydrogen (secondary N) is 1. The number of anilines is 1. The van der Waals surface area contributed by atoms with Gasteiger partial charge in [0.25, 0.3) is 5.91 Å². The van der Waals surface area contributed by atoms with Crippen molar-refractivity contribution in [2.75, 3.05) is 19.0 Å². The van der Waals surface area contributed by atoms with Crippen molar-refractivity contribution < 1.29 is 14.3 Å². The Labute approximate surface area is 222 Å². The van der Waals surface area contributed by atoms with Crippen LogP contribution in [-0.4, -0.2) is 39.7 Å². The number of nitrogens with zero attached hydrogens (tertiary/aromatic N) is 2. The fourth-order valence-corrected chi connectivity index (χ4v) is 5.79. The van der Waals surface area contributed by atoms with Gasteiger partial charge >= 0.3 is 0 Å². The molecule has 180 valence electrons. The van der Waals surface area contributed by atoms with E-state index in [1.54, 1.807) is 24.3 Å². The lowest BCUT2D eigenvalue weighted by atomic mass is 10.1. The molecule has 0 saturated carbocycles. The first kappa shape index (κ1) is 25.4. The largest absolute Gasteiger partial charge is 0.497 e.